The molecule has 0 spiro atoms. The Bertz CT molecular complexity index is 1620. The van der Waals surface area contributed by atoms with Crippen LogP contribution in [0.5, 0.6) is 0 Å². The molecule has 35 heavy (non-hydrogen) atoms. The summed E-state index contributed by atoms with van der Waals surface area (Å²) in [5.74, 6) is -2.17. The summed E-state index contributed by atoms with van der Waals surface area (Å²) in [4.78, 5) is 64.9. The van der Waals surface area contributed by atoms with Crippen molar-refractivity contribution in [3.63, 3.8) is 0 Å². The van der Waals surface area contributed by atoms with Crippen LogP contribution in [0.3, 0.4) is 0 Å². The lowest BCUT2D eigenvalue weighted by atomic mass is 10.1. The number of ether oxygens (including phenoxy) is 1. The number of ketones is 1. The molecule has 0 radical (unpaired) electrons. The largest absolute Gasteiger partial charge is 0.452 e. The van der Waals surface area contributed by atoms with Crippen LogP contribution >= 0.6 is 0 Å². The highest BCUT2D eigenvalue weighted by Crippen LogP contribution is 2.16. The SMILES string of the molecule is CCCn1c(N)c(C(=O)COC(=O)c2nn(-c3ccccc3)c(=O)c3ccccc23)c(=O)[nH]c1=O. The fourth-order valence-electron chi connectivity index (χ4n) is 3.66. The Morgan fingerprint density at radius 1 is 1.00 bits per heavy atom. The molecule has 0 amide bonds. The number of Topliss-reactive ketones (excluding diaryl/α,β-unsaturated/α-hetero) is 1. The van der Waals surface area contributed by atoms with Crippen molar-refractivity contribution < 1.29 is 14.3 Å². The van der Waals surface area contributed by atoms with Crippen molar-refractivity contribution in [2.45, 2.75) is 19.9 Å². The lowest BCUT2D eigenvalue weighted by Crippen LogP contribution is -2.37. The number of nitrogen functional groups attached to an aromatic ring is 1. The molecule has 0 fully saturated rings. The van der Waals surface area contributed by atoms with Gasteiger partial charge in [0, 0.05) is 11.9 Å². The number of para-hydroxylation sites is 1. The zero-order chi connectivity index (χ0) is 25.1. The Balaban J connectivity index is 1.69. The topological polar surface area (TPSA) is 159 Å². The minimum absolute atomic E-state index is 0.185. The van der Waals surface area contributed by atoms with E-state index in [1.54, 1.807) is 61.5 Å². The number of aromatic nitrogens is 4. The average Bonchev–Trinajstić information content (AvgIpc) is 2.86. The number of nitrogens with zero attached hydrogens (tertiary/aromatic N) is 3. The molecule has 178 valence electrons. The normalized spacial score (nSPS) is 10.9. The summed E-state index contributed by atoms with van der Waals surface area (Å²) >= 11 is 0. The van der Waals surface area contributed by atoms with E-state index in [1.165, 1.54) is 0 Å². The lowest BCUT2D eigenvalue weighted by molar-refractivity contribution is 0.0468. The summed E-state index contributed by atoms with van der Waals surface area (Å²) in [6.45, 7) is 1.17. The van der Waals surface area contributed by atoms with E-state index in [0.717, 1.165) is 9.25 Å². The summed E-state index contributed by atoms with van der Waals surface area (Å²) in [7, 11) is 0. The molecular weight excluding hydrogens is 454 g/mol. The van der Waals surface area contributed by atoms with Gasteiger partial charge in [-0.3, -0.25) is 23.9 Å². The zero-order valence-corrected chi connectivity index (χ0v) is 18.7. The first-order chi connectivity index (χ1) is 16.8. The molecule has 0 aliphatic rings. The Labute approximate surface area is 197 Å². The van der Waals surface area contributed by atoms with Gasteiger partial charge in [0.25, 0.3) is 11.1 Å². The van der Waals surface area contributed by atoms with E-state index in [1.807, 2.05) is 4.98 Å². The monoisotopic (exact) mass is 475 g/mol. The maximum absolute atomic E-state index is 13.0. The first-order valence-corrected chi connectivity index (χ1v) is 10.7. The van der Waals surface area contributed by atoms with Crippen LogP contribution in [0, 0.1) is 0 Å². The van der Waals surface area contributed by atoms with Crippen LogP contribution in [0.1, 0.15) is 34.2 Å². The smallest absolute Gasteiger partial charge is 0.359 e. The molecule has 11 nitrogen and oxygen atoms in total. The number of fused-ring (bicyclic) bond motifs is 1. The summed E-state index contributed by atoms with van der Waals surface area (Å²) < 4.78 is 7.31. The molecule has 2 heterocycles. The van der Waals surface area contributed by atoms with E-state index in [2.05, 4.69) is 5.10 Å². The van der Waals surface area contributed by atoms with Gasteiger partial charge in [0.05, 0.1) is 11.1 Å². The fourth-order valence-corrected chi connectivity index (χ4v) is 3.66. The second-order valence-electron chi connectivity index (χ2n) is 7.62. The van der Waals surface area contributed by atoms with E-state index >= 15 is 0 Å². The highest BCUT2D eigenvalue weighted by atomic mass is 16.5. The second kappa shape index (κ2) is 9.59. The van der Waals surface area contributed by atoms with Crippen molar-refractivity contribution in [2.24, 2.45) is 0 Å². The number of rotatable bonds is 7. The Hall–Kier alpha value is -4.80. The second-order valence-corrected chi connectivity index (χ2v) is 7.62. The first kappa shape index (κ1) is 23.4. The van der Waals surface area contributed by atoms with Gasteiger partial charge in [-0.2, -0.15) is 9.78 Å². The van der Waals surface area contributed by atoms with Crippen molar-refractivity contribution in [2.75, 3.05) is 12.3 Å². The maximum Gasteiger partial charge on any atom is 0.359 e. The number of anilines is 1. The number of hydrogen-bond donors (Lipinski definition) is 2. The highest BCUT2D eigenvalue weighted by Gasteiger charge is 2.23. The van der Waals surface area contributed by atoms with Crippen molar-refractivity contribution >= 4 is 28.3 Å². The van der Waals surface area contributed by atoms with Gasteiger partial charge in [0.2, 0.25) is 5.78 Å². The Morgan fingerprint density at radius 3 is 2.34 bits per heavy atom. The number of aromatic amines is 1. The molecule has 0 aliphatic heterocycles. The third-order valence-electron chi connectivity index (χ3n) is 5.30. The lowest BCUT2D eigenvalue weighted by Gasteiger charge is -2.12. The standard InChI is InChI=1S/C24H21N5O6/c1-2-12-28-20(25)18(21(31)26-24(28)34)17(30)13-35-23(33)19-15-10-6-7-11-16(15)22(32)29(27-19)14-8-4-3-5-9-14/h3-11H,2,12-13,25H2,1H3,(H,26,31,34). The number of nitrogens with one attached hydrogen (secondary N) is 1. The summed E-state index contributed by atoms with van der Waals surface area (Å²) in [6.07, 6.45) is 0.536. The molecule has 2 aromatic heterocycles. The predicted molar refractivity (Wildman–Crippen MR) is 128 cm³/mol. The Kier molecular flexibility index (Phi) is 6.40. The van der Waals surface area contributed by atoms with Gasteiger partial charge in [-0.05, 0) is 24.6 Å². The summed E-state index contributed by atoms with van der Waals surface area (Å²) in [5, 5.41) is 4.67. The molecule has 0 unspecified atom stereocenters. The summed E-state index contributed by atoms with van der Waals surface area (Å²) in [5.41, 5.74) is 3.53. The number of nitrogens with two attached hydrogens (primary N) is 1. The highest BCUT2D eigenvalue weighted by molar-refractivity contribution is 6.05. The summed E-state index contributed by atoms with van der Waals surface area (Å²) in [6, 6.07) is 14.9. The molecular formula is C24H21N5O6. The number of benzene rings is 2. The van der Waals surface area contributed by atoms with Crippen LogP contribution in [-0.2, 0) is 11.3 Å². The van der Waals surface area contributed by atoms with Crippen LogP contribution in [-0.4, -0.2) is 37.7 Å². The van der Waals surface area contributed by atoms with Gasteiger partial charge < -0.3 is 10.5 Å². The van der Waals surface area contributed by atoms with E-state index < -0.39 is 40.7 Å². The van der Waals surface area contributed by atoms with Crippen molar-refractivity contribution in [3.05, 3.63) is 97.0 Å². The molecule has 4 rings (SSSR count). The number of H-pyrrole nitrogens is 1. The molecule has 0 atom stereocenters. The van der Waals surface area contributed by atoms with Crippen molar-refractivity contribution in [1.29, 1.82) is 0 Å². The number of carbonyl (C=O) groups excluding carboxylic acids is 2. The molecule has 0 saturated carbocycles. The molecule has 2 aromatic carbocycles. The van der Waals surface area contributed by atoms with E-state index in [4.69, 9.17) is 10.5 Å². The van der Waals surface area contributed by atoms with Crippen LogP contribution in [0.2, 0.25) is 0 Å². The van der Waals surface area contributed by atoms with Crippen LogP contribution < -0.4 is 22.5 Å². The number of carbonyl (C=O) groups is 2. The minimum atomic E-state index is -0.976. The van der Waals surface area contributed by atoms with E-state index in [0.29, 0.717) is 12.1 Å². The number of hydrogen-bond acceptors (Lipinski definition) is 8. The molecule has 0 aliphatic carbocycles. The zero-order valence-electron chi connectivity index (χ0n) is 18.7. The van der Waals surface area contributed by atoms with Crippen molar-refractivity contribution in [1.82, 2.24) is 19.3 Å². The van der Waals surface area contributed by atoms with E-state index in [-0.39, 0.29) is 28.8 Å². The number of esters is 1. The molecule has 0 saturated heterocycles. The van der Waals surface area contributed by atoms with Gasteiger partial charge >= 0.3 is 11.7 Å². The molecule has 3 N–H and O–H groups in total. The Morgan fingerprint density at radius 2 is 1.66 bits per heavy atom. The average molecular weight is 475 g/mol. The van der Waals surface area contributed by atoms with Crippen molar-refractivity contribution in [3.8, 4) is 5.69 Å². The van der Waals surface area contributed by atoms with Gasteiger partial charge in [-0.15, -0.1) is 0 Å². The quantitative estimate of drug-likeness (QED) is 0.299. The third kappa shape index (κ3) is 4.38. The molecule has 4 aromatic rings. The molecule has 0 bridgehead atoms. The van der Waals surface area contributed by atoms with Gasteiger partial charge in [0.1, 0.15) is 11.4 Å². The van der Waals surface area contributed by atoms with Crippen LogP contribution in [0.15, 0.2) is 69.0 Å². The fraction of sp³-hybridized carbons (Fsp3) is 0.167. The third-order valence-corrected chi connectivity index (χ3v) is 5.30. The minimum Gasteiger partial charge on any atom is -0.452 e. The predicted octanol–water partition coefficient (Wildman–Crippen LogP) is 1.27. The van der Waals surface area contributed by atoms with Crippen LogP contribution in [0.4, 0.5) is 5.82 Å². The van der Waals surface area contributed by atoms with Crippen LogP contribution in [0.25, 0.3) is 16.5 Å². The first-order valence-electron chi connectivity index (χ1n) is 10.7. The van der Waals surface area contributed by atoms with Gasteiger partial charge in [-0.1, -0.05) is 43.3 Å². The van der Waals surface area contributed by atoms with E-state index in [9.17, 15) is 24.0 Å². The maximum atomic E-state index is 13.0. The van der Waals surface area contributed by atoms with Gasteiger partial charge in [-0.25, -0.2) is 9.59 Å². The van der Waals surface area contributed by atoms with Gasteiger partial charge in [0.15, 0.2) is 12.3 Å². The molecule has 11 heteroatoms.